The first kappa shape index (κ1) is 13.9. The van der Waals surface area contributed by atoms with Crippen LogP contribution >= 0.6 is 0 Å². The molecule has 3 nitrogen and oxygen atoms in total. The molecule has 2 unspecified atom stereocenters. The number of nitrogens with zero attached hydrogens (tertiary/aromatic N) is 1. The molecular weight excluding hydrogens is 200 g/mol. The normalized spacial score (nSPS) is 30.2. The smallest absolute Gasteiger partial charge is 0.0616 e. The van der Waals surface area contributed by atoms with Gasteiger partial charge in [-0.3, -0.25) is 0 Å². The summed E-state index contributed by atoms with van der Waals surface area (Å²) < 4.78 is 0. The lowest BCUT2D eigenvalue weighted by atomic mass is 9.85. The van der Waals surface area contributed by atoms with Crippen LogP contribution in [0.15, 0.2) is 0 Å². The van der Waals surface area contributed by atoms with Crippen LogP contribution < -0.4 is 5.32 Å². The molecule has 0 heterocycles. The Morgan fingerprint density at radius 3 is 2.75 bits per heavy atom. The molecule has 0 saturated heterocycles. The molecule has 0 aromatic carbocycles. The van der Waals surface area contributed by atoms with E-state index in [0.29, 0.717) is 12.5 Å². The third-order valence-corrected chi connectivity index (χ3v) is 4.17. The molecular formula is C13H28N2O. The number of nitrogens with one attached hydrogen (secondary N) is 1. The largest absolute Gasteiger partial charge is 0.394 e. The van der Waals surface area contributed by atoms with Crippen LogP contribution in [0, 0.1) is 5.92 Å². The molecule has 0 aromatic heterocycles. The average Bonchev–Trinajstić information content (AvgIpc) is 2.70. The molecule has 1 fully saturated rings. The molecule has 0 amide bonds. The summed E-state index contributed by atoms with van der Waals surface area (Å²) in [7, 11) is 2.17. The van der Waals surface area contributed by atoms with Gasteiger partial charge in [0.1, 0.15) is 0 Å². The van der Waals surface area contributed by atoms with Crippen LogP contribution in [0.4, 0.5) is 0 Å². The van der Waals surface area contributed by atoms with Gasteiger partial charge in [-0.05, 0) is 51.9 Å². The maximum absolute atomic E-state index is 9.66. The van der Waals surface area contributed by atoms with Crippen LogP contribution in [-0.4, -0.2) is 48.8 Å². The summed E-state index contributed by atoms with van der Waals surface area (Å²) in [5.41, 5.74) is 0.0172. The fourth-order valence-corrected chi connectivity index (χ4v) is 2.95. The standard InChI is InChI=1S/C13H28N2O/c1-4-14-13(11-16)9-6-7-12(13)8-10-15(3)5-2/h12,14,16H,4-11H2,1-3H3. The fourth-order valence-electron chi connectivity index (χ4n) is 2.95. The van der Waals surface area contributed by atoms with Gasteiger partial charge in [-0.2, -0.15) is 0 Å². The van der Waals surface area contributed by atoms with E-state index in [2.05, 4.69) is 31.1 Å². The number of aliphatic hydroxyl groups is 1. The molecule has 1 aliphatic rings. The SMILES string of the molecule is CCNC1(CO)CCCC1CCN(C)CC. The molecule has 3 heteroatoms. The third-order valence-electron chi connectivity index (χ3n) is 4.17. The van der Waals surface area contributed by atoms with Gasteiger partial charge in [-0.25, -0.2) is 0 Å². The van der Waals surface area contributed by atoms with E-state index in [4.69, 9.17) is 0 Å². The van der Waals surface area contributed by atoms with Gasteiger partial charge >= 0.3 is 0 Å². The van der Waals surface area contributed by atoms with Crippen LogP contribution in [0.1, 0.15) is 39.5 Å². The number of likely N-dealkylation sites (N-methyl/N-ethyl adjacent to an activating group) is 1. The molecule has 2 atom stereocenters. The monoisotopic (exact) mass is 228 g/mol. The molecule has 0 radical (unpaired) electrons. The van der Waals surface area contributed by atoms with Crippen molar-refractivity contribution < 1.29 is 5.11 Å². The van der Waals surface area contributed by atoms with Gasteiger partial charge in [0, 0.05) is 5.54 Å². The highest BCUT2D eigenvalue weighted by Gasteiger charge is 2.41. The van der Waals surface area contributed by atoms with E-state index >= 15 is 0 Å². The molecule has 1 aliphatic carbocycles. The number of hydrogen-bond donors (Lipinski definition) is 2. The lowest BCUT2D eigenvalue weighted by Gasteiger charge is -2.35. The van der Waals surface area contributed by atoms with E-state index in [-0.39, 0.29) is 5.54 Å². The van der Waals surface area contributed by atoms with E-state index in [1.165, 1.54) is 19.3 Å². The lowest BCUT2D eigenvalue weighted by Crippen LogP contribution is -2.51. The van der Waals surface area contributed by atoms with Crippen molar-refractivity contribution in [3.8, 4) is 0 Å². The Morgan fingerprint density at radius 1 is 1.44 bits per heavy atom. The highest BCUT2D eigenvalue weighted by Crippen LogP contribution is 2.37. The number of aliphatic hydroxyl groups excluding tert-OH is 1. The summed E-state index contributed by atoms with van der Waals surface area (Å²) >= 11 is 0. The van der Waals surface area contributed by atoms with Crippen molar-refractivity contribution in [2.45, 2.75) is 45.1 Å². The fraction of sp³-hybridized carbons (Fsp3) is 1.00. The summed E-state index contributed by atoms with van der Waals surface area (Å²) in [4.78, 5) is 2.35. The van der Waals surface area contributed by atoms with E-state index < -0.39 is 0 Å². The molecule has 96 valence electrons. The Hall–Kier alpha value is -0.120. The molecule has 1 rings (SSSR count). The molecule has 0 spiro atoms. The molecule has 16 heavy (non-hydrogen) atoms. The summed E-state index contributed by atoms with van der Waals surface area (Å²) in [6, 6.07) is 0. The zero-order valence-corrected chi connectivity index (χ0v) is 11.1. The summed E-state index contributed by atoms with van der Waals surface area (Å²) in [6.07, 6.45) is 4.87. The van der Waals surface area contributed by atoms with Gasteiger partial charge in [-0.15, -0.1) is 0 Å². The molecule has 0 aromatic rings. The average molecular weight is 228 g/mol. The highest BCUT2D eigenvalue weighted by atomic mass is 16.3. The van der Waals surface area contributed by atoms with Gasteiger partial charge in [0.05, 0.1) is 6.61 Å². The maximum Gasteiger partial charge on any atom is 0.0616 e. The minimum absolute atomic E-state index is 0.0172. The Balaban J connectivity index is 2.49. The Kier molecular flexibility index (Phi) is 5.73. The zero-order valence-electron chi connectivity index (χ0n) is 11.1. The van der Waals surface area contributed by atoms with Gasteiger partial charge < -0.3 is 15.3 Å². The predicted molar refractivity (Wildman–Crippen MR) is 68.6 cm³/mol. The quantitative estimate of drug-likeness (QED) is 0.692. The van der Waals surface area contributed by atoms with E-state index in [1.807, 2.05) is 0 Å². The van der Waals surface area contributed by atoms with Crippen molar-refractivity contribution in [2.75, 3.05) is 33.3 Å². The number of hydrogen-bond acceptors (Lipinski definition) is 3. The van der Waals surface area contributed by atoms with Crippen molar-refractivity contribution in [3.05, 3.63) is 0 Å². The van der Waals surface area contributed by atoms with Crippen LogP contribution in [0.2, 0.25) is 0 Å². The third kappa shape index (κ3) is 3.19. The van der Waals surface area contributed by atoms with E-state index in [1.54, 1.807) is 0 Å². The maximum atomic E-state index is 9.66. The minimum atomic E-state index is 0.0172. The second-order valence-corrected chi connectivity index (χ2v) is 5.12. The van der Waals surface area contributed by atoms with Crippen molar-refractivity contribution in [3.63, 3.8) is 0 Å². The van der Waals surface area contributed by atoms with Crippen molar-refractivity contribution in [1.82, 2.24) is 10.2 Å². The van der Waals surface area contributed by atoms with Crippen LogP contribution in [0.25, 0.3) is 0 Å². The zero-order chi connectivity index (χ0) is 12.0. The van der Waals surface area contributed by atoms with Gasteiger partial charge in [0.25, 0.3) is 0 Å². The summed E-state index contributed by atoms with van der Waals surface area (Å²) in [5.74, 6) is 0.645. The highest BCUT2D eigenvalue weighted by molar-refractivity contribution is 4.98. The molecule has 2 N–H and O–H groups in total. The molecule has 1 saturated carbocycles. The van der Waals surface area contributed by atoms with E-state index in [0.717, 1.165) is 26.1 Å². The van der Waals surface area contributed by atoms with Crippen LogP contribution in [0.5, 0.6) is 0 Å². The minimum Gasteiger partial charge on any atom is -0.394 e. The van der Waals surface area contributed by atoms with Gasteiger partial charge in [-0.1, -0.05) is 20.3 Å². The second-order valence-electron chi connectivity index (χ2n) is 5.12. The Bertz CT molecular complexity index is 198. The van der Waals surface area contributed by atoms with Gasteiger partial charge in [0.2, 0.25) is 0 Å². The van der Waals surface area contributed by atoms with Crippen LogP contribution in [0.3, 0.4) is 0 Å². The summed E-state index contributed by atoms with van der Waals surface area (Å²) in [5, 5.41) is 13.2. The first-order chi connectivity index (χ1) is 7.68. The molecule has 0 bridgehead atoms. The number of rotatable bonds is 7. The summed E-state index contributed by atoms with van der Waals surface area (Å²) in [6.45, 7) is 7.83. The van der Waals surface area contributed by atoms with Crippen LogP contribution in [-0.2, 0) is 0 Å². The molecule has 0 aliphatic heterocycles. The first-order valence-electron chi connectivity index (χ1n) is 6.73. The Labute approximate surface area is 100 Å². The second kappa shape index (κ2) is 6.58. The topological polar surface area (TPSA) is 35.5 Å². The van der Waals surface area contributed by atoms with Crippen molar-refractivity contribution >= 4 is 0 Å². The van der Waals surface area contributed by atoms with E-state index in [9.17, 15) is 5.11 Å². The first-order valence-corrected chi connectivity index (χ1v) is 6.73. The van der Waals surface area contributed by atoms with Gasteiger partial charge in [0.15, 0.2) is 0 Å². The predicted octanol–water partition coefficient (Wildman–Crippen LogP) is 1.47. The Morgan fingerprint density at radius 2 is 2.19 bits per heavy atom. The lowest BCUT2D eigenvalue weighted by molar-refractivity contribution is 0.115. The van der Waals surface area contributed by atoms with Crippen molar-refractivity contribution in [2.24, 2.45) is 5.92 Å². The van der Waals surface area contributed by atoms with Crippen molar-refractivity contribution in [1.29, 1.82) is 0 Å².